The third-order valence-electron chi connectivity index (χ3n) is 6.44. The molecular weight excluding hydrogens is 328 g/mol. The van der Waals surface area contributed by atoms with Gasteiger partial charge >= 0.3 is 0 Å². The van der Waals surface area contributed by atoms with Crippen molar-refractivity contribution in [1.82, 2.24) is 19.7 Å². The number of carbonyl (C=O) groups is 1. The highest BCUT2D eigenvalue weighted by molar-refractivity contribution is 5.87. The van der Waals surface area contributed by atoms with Gasteiger partial charge in [0.15, 0.2) is 0 Å². The maximum absolute atomic E-state index is 13.4. The summed E-state index contributed by atoms with van der Waals surface area (Å²) >= 11 is 0. The number of carbonyl (C=O) groups excluding carboxylic acids is 1. The molecule has 26 heavy (non-hydrogen) atoms. The van der Waals surface area contributed by atoms with Gasteiger partial charge in [0.2, 0.25) is 5.91 Å². The van der Waals surface area contributed by atoms with Crippen molar-refractivity contribution in [3.8, 4) is 0 Å². The fourth-order valence-corrected chi connectivity index (χ4v) is 4.70. The van der Waals surface area contributed by atoms with Crippen LogP contribution < -0.4 is 0 Å². The van der Waals surface area contributed by atoms with E-state index in [9.17, 15) is 4.79 Å². The number of rotatable bonds is 4. The van der Waals surface area contributed by atoms with Gasteiger partial charge in [-0.15, -0.1) is 0 Å². The van der Waals surface area contributed by atoms with Crippen LogP contribution in [0.15, 0.2) is 24.5 Å². The number of likely N-dealkylation sites (tertiary alicyclic amines) is 1. The number of aromatic nitrogens is 1. The second-order valence-corrected chi connectivity index (χ2v) is 8.07. The topological polar surface area (TPSA) is 48.9 Å². The number of amides is 1. The molecule has 3 aliphatic heterocycles. The van der Waals surface area contributed by atoms with Gasteiger partial charge in [-0.1, -0.05) is 6.07 Å². The van der Waals surface area contributed by atoms with Gasteiger partial charge in [0, 0.05) is 58.3 Å². The molecule has 4 heterocycles. The van der Waals surface area contributed by atoms with E-state index in [-0.39, 0.29) is 5.54 Å². The van der Waals surface area contributed by atoms with Gasteiger partial charge in [-0.3, -0.25) is 14.7 Å². The maximum atomic E-state index is 13.4. The summed E-state index contributed by atoms with van der Waals surface area (Å²) < 4.78 is 5.51. The summed E-state index contributed by atoms with van der Waals surface area (Å²) in [6.45, 7) is 7.36. The highest BCUT2D eigenvalue weighted by atomic mass is 16.5. The van der Waals surface area contributed by atoms with Crippen LogP contribution >= 0.6 is 0 Å². The zero-order valence-electron chi connectivity index (χ0n) is 15.8. The van der Waals surface area contributed by atoms with Crippen LogP contribution in [0.3, 0.4) is 0 Å². The molecule has 142 valence electrons. The molecule has 6 heteroatoms. The molecule has 1 spiro atoms. The highest BCUT2D eigenvalue weighted by Gasteiger charge is 2.49. The SMILES string of the molecule is CN1CCN(Cc2cccnc2)C(=O)C12CCN(C[C@@H]1CCOC1)CC2. The predicted octanol–water partition coefficient (Wildman–Crippen LogP) is 1.23. The molecular formula is C20H30N4O2. The Morgan fingerprint density at radius 1 is 1.27 bits per heavy atom. The second kappa shape index (κ2) is 7.62. The quantitative estimate of drug-likeness (QED) is 0.810. The maximum Gasteiger partial charge on any atom is 0.243 e. The van der Waals surface area contributed by atoms with E-state index < -0.39 is 0 Å². The van der Waals surface area contributed by atoms with Crippen molar-refractivity contribution >= 4 is 5.91 Å². The van der Waals surface area contributed by atoms with Crippen LogP contribution in [0.5, 0.6) is 0 Å². The molecule has 0 aromatic carbocycles. The van der Waals surface area contributed by atoms with E-state index >= 15 is 0 Å². The minimum atomic E-state index is -0.316. The van der Waals surface area contributed by atoms with E-state index in [1.54, 1.807) is 6.20 Å². The van der Waals surface area contributed by atoms with Crippen molar-refractivity contribution in [2.24, 2.45) is 5.92 Å². The van der Waals surface area contributed by atoms with Crippen molar-refractivity contribution in [2.45, 2.75) is 31.3 Å². The van der Waals surface area contributed by atoms with E-state index in [4.69, 9.17) is 4.74 Å². The Kier molecular flexibility index (Phi) is 5.25. The smallest absolute Gasteiger partial charge is 0.243 e. The van der Waals surface area contributed by atoms with Crippen molar-refractivity contribution in [1.29, 1.82) is 0 Å². The van der Waals surface area contributed by atoms with Crippen LogP contribution in [-0.2, 0) is 16.1 Å². The number of pyridine rings is 1. The Labute approximate surface area is 156 Å². The first-order valence-corrected chi connectivity index (χ1v) is 9.87. The average Bonchev–Trinajstić information content (AvgIpc) is 3.18. The number of likely N-dealkylation sites (N-methyl/N-ethyl adjacent to an activating group) is 1. The van der Waals surface area contributed by atoms with Gasteiger partial charge < -0.3 is 14.5 Å². The third kappa shape index (κ3) is 3.50. The standard InChI is InChI=1S/C20H30N4O2/c1-22-10-11-24(15-17-3-2-7-21-13-17)19(25)20(22)5-8-23(9-6-20)14-18-4-12-26-16-18/h2-3,7,13,18H,4-6,8-12,14-16H2,1H3/t18-/m0/s1. The summed E-state index contributed by atoms with van der Waals surface area (Å²) in [6.07, 6.45) is 6.69. The predicted molar refractivity (Wildman–Crippen MR) is 99.6 cm³/mol. The van der Waals surface area contributed by atoms with Gasteiger partial charge in [-0.25, -0.2) is 0 Å². The van der Waals surface area contributed by atoms with Gasteiger partial charge in [0.05, 0.1) is 6.61 Å². The summed E-state index contributed by atoms with van der Waals surface area (Å²) in [7, 11) is 2.12. The number of ether oxygens (including phenoxy) is 1. The summed E-state index contributed by atoms with van der Waals surface area (Å²) in [5.74, 6) is 0.977. The van der Waals surface area contributed by atoms with Crippen molar-refractivity contribution < 1.29 is 9.53 Å². The fraction of sp³-hybridized carbons (Fsp3) is 0.700. The molecule has 1 amide bonds. The zero-order valence-corrected chi connectivity index (χ0v) is 15.8. The van der Waals surface area contributed by atoms with E-state index in [1.165, 1.54) is 6.42 Å². The minimum Gasteiger partial charge on any atom is -0.381 e. The van der Waals surface area contributed by atoms with Crippen LogP contribution in [0.1, 0.15) is 24.8 Å². The Hall–Kier alpha value is -1.50. The molecule has 1 atom stereocenters. The van der Waals surface area contributed by atoms with E-state index in [1.807, 2.05) is 17.2 Å². The molecule has 1 aromatic heterocycles. The molecule has 3 aliphatic rings. The van der Waals surface area contributed by atoms with Crippen LogP contribution in [0, 0.1) is 5.92 Å². The van der Waals surface area contributed by atoms with Gasteiger partial charge in [0.25, 0.3) is 0 Å². The first-order chi connectivity index (χ1) is 12.7. The molecule has 3 saturated heterocycles. The molecule has 6 nitrogen and oxygen atoms in total. The Morgan fingerprint density at radius 3 is 2.81 bits per heavy atom. The zero-order chi connectivity index (χ0) is 18.0. The van der Waals surface area contributed by atoms with E-state index in [0.717, 1.165) is 64.3 Å². The molecule has 0 saturated carbocycles. The van der Waals surface area contributed by atoms with Crippen molar-refractivity contribution in [3.05, 3.63) is 30.1 Å². The molecule has 0 unspecified atom stereocenters. The summed E-state index contributed by atoms with van der Waals surface area (Å²) in [4.78, 5) is 24.5. The lowest BCUT2D eigenvalue weighted by molar-refractivity contribution is -0.155. The molecule has 0 radical (unpaired) electrons. The average molecular weight is 358 g/mol. The van der Waals surface area contributed by atoms with Crippen LogP contribution in [0.25, 0.3) is 0 Å². The third-order valence-corrected chi connectivity index (χ3v) is 6.44. The molecule has 3 fully saturated rings. The summed E-state index contributed by atoms with van der Waals surface area (Å²) in [6, 6.07) is 3.99. The number of nitrogens with zero attached hydrogens (tertiary/aromatic N) is 4. The van der Waals surface area contributed by atoms with Crippen LogP contribution in [0.4, 0.5) is 0 Å². The second-order valence-electron chi connectivity index (χ2n) is 8.07. The fourth-order valence-electron chi connectivity index (χ4n) is 4.70. The van der Waals surface area contributed by atoms with Crippen molar-refractivity contribution in [2.75, 3.05) is 53.0 Å². The van der Waals surface area contributed by atoms with Gasteiger partial charge in [0.1, 0.15) is 5.54 Å². The summed E-state index contributed by atoms with van der Waals surface area (Å²) in [5, 5.41) is 0. The Balaban J connectivity index is 1.40. The number of hydrogen-bond donors (Lipinski definition) is 0. The van der Waals surface area contributed by atoms with Crippen LogP contribution in [0.2, 0.25) is 0 Å². The van der Waals surface area contributed by atoms with Crippen molar-refractivity contribution in [3.63, 3.8) is 0 Å². The van der Waals surface area contributed by atoms with Gasteiger partial charge in [-0.2, -0.15) is 0 Å². The first kappa shape index (κ1) is 17.9. The van der Waals surface area contributed by atoms with Gasteiger partial charge in [-0.05, 0) is 43.9 Å². The number of piperazine rings is 1. The number of piperidine rings is 1. The van der Waals surface area contributed by atoms with E-state index in [0.29, 0.717) is 18.4 Å². The molecule has 0 bridgehead atoms. The Morgan fingerprint density at radius 2 is 2.12 bits per heavy atom. The lowest BCUT2D eigenvalue weighted by atomic mass is 9.82. The monoisotopic (exact) mass is 358 g/mol. The molecule has 4 rings (SSSR count). The molecule has 0 aliphatic carbocycles. The summed E-state index contributed by atoms with van der Waals surface area (Å²) in [5.41, 5.74) is 0.794. The molecule has 1 aromatic rings. The lowest BCUT2D eigenvalue weighted by Gasteiger charge is -2.51. The number of hydrogen-bond acceptors (Lipinski definition) is 5. The Bertz CT molecular complexity index is 609. The lowest BCUT2D eigenvalue weighted by Crippen LogP contribution is -2.67. The minimum absolute atomic E-state index is 0.305. The first-order valence-electron chi connectivity index (χ1n) is 9.87. The largest absolute Gasteiger partial charge is 0.381 e. The van der Waals surface area contributed by atoms with E-state index in [2.05, 4.69) is 27.9 Å². The normalized spacial score (nSPS) is 27.3. The van der Waals surface area contributed by atoms with Crippen LogP contribution in [-0.4, -0.2) is 84.1 Å². The highest BCUT2D eigenvalue weighted by Crippen LogP contribution is 2.34. The molecule has 0 N–H and O–H groups in total.